The van der Waals surface area contributed by atoms with Crippen LogP contribution >= 0.6 is 0 Å². The quantitative estimate of drug-likeness (QED) is 0.692. The fraction of sp³-hybridized carbons (Fsp3) is 0.409. The summed E-state index contributed by atoms with van der Waals surface area (Å²) in [7, 11) is -3.19. The lowest BCUT2D eigenvalue weighted by molar-refractivity contribution is 0.0923. The van der Waals surface area contributed by atoms with Crippen molar-refractivity contribution in [1.82, 2.24) is 9.62 Å². The molecule has 0 aromatic heterocycles. The summed E-state index contributed by atoms with van der Waals surface area (Å²) < 4.78 is 44.5. The van der Waals surface area contributed by atoms with Gasteiger partial charge in [-0.1, -0.05) is 25.1 Å². The smallest absolute Gasteiger partial charge is 0.251 e. The van der Waals surface area contributed by atoms with Crippen molar-refractivity contribution >= 4 is 15.9 Å². The highest BCUT2D eigenvalue weighted by Gasteiger charge is 2.28. The highest BCUT2D eigenvalue weighted by molar-refractivity contribution is 7.89. The van der Waals surface area contributed by atoms with Gasteiger partial charge in [0.15, 0.2) is 0 Å². The van der Waals surface area contributed by atoms with Gasteiger partial charge >= 0.3 is 0 Å². The van der Waals surface area contributed by atoms with E-state index >= 15 is 0 Å². The van der Waals surface area contributed by atoms with E-state index in [4.69, 9.17) is 4.74 Å². The molecule has 1 heterocycles. The standard InChI is InChI=1S/C22H27FN2O4S/c1-2-14-30(27,28)25-12-10-20(11-13-25)24-22(26)18-4-3-5-21(15-18)29-16-17-6-8-19(23)9-7-17/h3-9,15,20H,2,10-14,16H2,1H3,(H,24,26). The zero-order valence-corrected chi connectivity index (χ0v) is 17.8. The van der Waals surface area contributed by atoms with Crippen LogP contribution in [0.3, 0.4) is 0 Å². The lowest BCUT2D eigenvalue weighted by Crippen LogP contribution is -2.47. The van der Waals surface area contributed by atoms with Gasteiger partial charge < -0.3 is 10.1 Å². The summed E-state index contributed by atoms with van der Waals surface area (Å²) in [6, 6.07) is 12.9. The van der Waals surface area contributed by atoms with Crippen LogP contribution in [-0.2, 0) is 16.6 Å². The topological polar surface area (TPSA) is 75.7 Å². The number of halogens is 1. The summed E-state index contributed by atoms with van der Waals surface area (Å²) in [5.74, 6) is 0.199. The number of carbonyl (C=O) groups is 1. The lowest BCUT2D eigenvalue weighted by Gasteiger charge is -2.31. The van der Waals surface area contributed by atoms with E-state index in [-0.39, 0.29) is 30.1 Å². The molecule has 2 aromatic rings. The molecule has 0 unspecified atom stereocenters. The zero-order chi connectivity index (χ0) is 21.6. The minimum Gasteiger partial charge on any atom is -0.489 e. The van der Waals surface area contributed by atoms with E-state index in [2.05, 4.69) is 5.32 Å². The van der Waals surface area contributed by atoms with Crippen molar-refractivity contribution < 1.29 is 22.3 Å². The summed E-state index contributed by atoms with van der Waals surface area (Å²) in [5, 5.41) is 2.99. The highest BCUT2D eigenvalue weighted by Crippen LogP contribution is 2.18. The van der Waals surface area contributed by atoms with Crippen molar-refractivity contribution in [1.29, 1.82) is 0 Å². The van der Waals surface area contributed by atoms with Crippen LogP contribution in [0, 0.1) is 5.82 Å². The minimum atomic E-state index is -3.19. The highest BCUT2D eigenvalue weighted by atomic mass is 32.2. The normalized spacial score (nSPS) is 15.7. The van der Waals surface area contributed by atoms with Gasteiger partial charge in [-0.3, -0.25) is 4.79 Å². The van der Waals surface area contributed by atoms with Crippen molar-refractivity contribution in [2.45, 2.75) is 38.8 Å². The van der Waals surface area contributed by atoms with E-state index in [0.717, 1.165) is 5.56 Å². The maximum Gasteiger partial charge on any atom is 0.251 e. The van der Waals surface area contributed by atoms with Crippen LogP contribution in [-0.4, -0.2) is 43.5 Å². The monoisotopic (exact) mass is 434 g/mol. The third-order valence-corrected chi connectivity index (χ3v) is 7.14. The first-order valence-corrected chi connectivity index (χ1v) is 11.7. The van der Waals surface area contributed by atoms with Gasteiger partial charge in [0.25, 0.3) is 5.91 Å². The largest absolute Gasteiger partial charge is 0.489 e. The molecule has 1 fully saturated rings. The third kappa shape index (κ3) is 6.03. The molecule has 1 aliphatic rings. The molecule has 0 saturated carbocycles. The van der Waals surface area contributed by atoms with Crippen LogP contribution in [0.25, 0.3) is 0 Å². The number of nitrogens with one attached hydrogen (secondary N) is 1. The molecule has 0 aliphatic carbocycles. The van der Waals surface area contributed by atoms with E-state index in [9.17, 15) is 17.6 Å². The fourth-order valence-corrected chi connectivity index (χ4v) is 4.95. The average molecular weight is 435 g/mol. The maximum atomic E-state index is 13.0. The molecule has 0 spiro atoms. The molecule has 0 radical (unpaired) electrons. The summed E-state index contributed by atoms with van der Waals surface area (Å²) in [6.07, 6.45) is 1.78. The average Bonchev–Trinajstić information content (AvgIpc) is 2.74. The number of piperidine rings is 1. The molecule has 0 bridgehead atoms. The van der Waals surface area contributed by atoms with Gasteiger partial charge in [-0.25, -0.2) is 17.1 Å². The van der Waals surface area contributed by atoms with Gasteiger partial charge in [-0.05, 0) is 55.2 Å². The van der Waals surface area contributed by atoms with Crippen LogP contribution in [0.15, 0.2) is 48.5 Å². The van der Waals surface area contributed by atoms with Crippen LogP contribution in [0.4, 0.5) is 4.39 Å². The summed E-state index contributed by atoms with van der Waals surface area (Å²) in [6.45, 7) is 2.97. The summed E-state index contributed by atoms with van der Waals surface area (Å²) in [5.41, 5.74) is 1.31. The Morgan fingerprint density at radius 1 is 1.17 bits per heavy atom. The summed E-state index contributed by atoms with van der Waals surface area (Å²) >= 11 is 0. The Balaban J connectivity index is 1.52. The fourth-order valence-electron chi connectivity index (χ4n) is 3.41. The second kappa shape index (κ2) is 10.0. The Morgan fingerprint density at radius 2 is 1.87 bits per heavy atom. The van der Waals surface area contributed by atoms with E-state index in [1.54, 1.807) is 36.4 Å². The first-order chi connectivity index (χ1) is 14.4. The Bertz CT molecular complexity index is 955. The van der Waals surface area contributed by atoms with Gasteiger partial charge in [-0.2, -0.15) is 0 Å². The van der Waals surface area contributed by atoms with E-state index < -0.39 is 10.0 Å². The molecule has 1 amide bonds. The molecule has 3 rings (SSSR count). The van der Waals surface area contributed by atoms with Crippen LogP contribution in [0.2, 0.25) is 0 Å². The molecule has 1 saturated heterocycles. The molecule has 1 aliphatic heterocycles. The molecule has 30 heavy (non-hydrogen) atoms. The number of benzene rings is 2. The summed E-state index contributed by atoms with van der Waals surface area (Å²) in [4.78, 5) is 12.6. The second-order valence-corrected chi connectivity index (χ2v) is 9.49. The Labute approximate surface area is 177 Å². The van der Waals surface area contributed by atoms with Crippen LogP contribution in [0.5, 0.6) is 5.75 Å². The number of hydrogen-bond acceptors (Lipinski definition) is 4. The first-order valence-electron chi connectivity index (χ1n) is 10.1. The van der Waals surface area contributed by atoms with Crippen molar-refractivity contribution in [2.75, 3.05) is 18.8 Å². The van der Waals surface area contributed by atoms with Gasteiger partial charge in [0.1, 0.15) is 18.2 Å². The molecular formula is C22H27FN2O4S. The number of hydrogen-bond donors (Lipinski definition) is 1. The van der Waals surface area contributed by atoms with Gasteiger partial charge in [0.05, 0.1) is 5.75 Å². The molecular weight excluding hydrogens is 407 g/mol. The second-order valence-electron chi connectivity index (χ2n) is 7.41. The molecule has 1 N–H and O–H groups in total. The van der Waals surface area contributed by atoms with E-state index in [0.29, 0.717) is 43.7 Å². The van der Waals surface area contributed by atoms with Crippen molar-refractivity contribution in [3.63, 3.8) is 0 Å². The SMILES string of the molecule is CCCS(=O)(=O)N1CCC(NC(=O)c2cccc(OCc3ccc(F)cc3)c2)CC1. The van der Waals surface area contributed by atoms with Gasteiger partial charge in [-0.15, -0.1) is 0 Å². The number of carbonyl (C=O) groups excluding carboxylic acids is 1. The van der Waals surface area contributed by atoms with Crippen molar-refractivity contribution in [3.05, 3.63) is 65.5 Å². The number of rotatable bonds is 8. The Kier molecular flexibility index (Phi) is 7.44. The number of nitrogens with zero attached hydrogens (tertiary/aromatic N) is 1. The lowest BCUT2D eigenvalue weighted by atomic mass is 10.1. The number of sulfonamides is 1. The van der Waals surface area contributed by atoms with E-state index in [1.165, 1.54) is 16.4 Å². The van der Waals surface area contributed by atoms with Crippen LogP contribution < -0.4 is 10.1 Å². The maximum absolute atomic E-state index is 13.0. The Hall–Kier alpha value is -2.45. The number of ether oxygens (including phenoxy) is 1. The van der Waals surface area contributed by atoms with E-state index in [1.807, 2.05) is 6.92 Å². The number of amides is 1. The van der Waals surface area contributed by atoms with Crippen LogP contribution in [0.1, 0.15) is 42.1 Å². The Morgan fingerprint density at radius 3 is 2.53 bits per heavy atom. The minimum absolute atomic E-state index is 0.0608. The predicted molar refractivity (Wildman–Crippen MR) is 113 cm³/mol. The van der Waals surface area contributed by atoms with Gasteiger partial charge in [0, 0.05) is 24.7 Å². The molecule has 6 nitrogen and oxygen atoms in total. The zero-order valence-electron chi connectivity index (χ0n) is 17.0. The first kappa shape index (κ1) is 22.2. The molecule has 0 atom stereocenters. The molecule has 8 heteroatoms. The van der Waals surface area contributed by atoms with Crippen molar-refractivity contribution in [2.24, 2.45) is 0 Å². The predicted octanol–water partition coefficient (Wildman–Crippen LogP) is 3.34. The van der Waals surface area contributed by atoms with Crippen molar-refractivity contribution in [3.8, 4) is 5.75 Å². The molecule has 2 aromatic carbocycles. The molecule has 162 valence electrons. The van der Waals surface area contributed by atoms with Gasteiger partial charge in [0.2, 0.25) is 10.0 Å². The third-order valence-electron chi connectivity index (χ3n) is 5.06.